The van der Waals surface area contributed by atoms with E-state index in [0.717, 1.165) is 6.07 Å². The second-order valence-corrected chi connectivity index (χ2v) is 4.21. The number of hydrogen-bond donors (Lipinski definition) is 2. The van der Waals surface area contributed by atoms with Crippen LogP contribution in [0.5, 0.6) is 5.75 Å². The molecule has 0 saturated carbocycles. The molecule has 1 aromatic carbocycles. The lowest BCUT2D eigenvalue weighted by atomic mass is 10.2. The van der Waals surface area contributed by atoms with Crippen molar-refractivity contribution < 1.29 is 32.6 Å². The number of benzene rings is 1. The first-order valence-corrected chi connectivity index (χ1v) is 6.67. The summed E-state index contributed by atoms with van der Waals surface area (Å²) in [5.41, 5.74) is -0.0420. The Morgan fingerprint density at radius 2 is 1.91 bits per heavy atom. The van der Waals surface area contributed by atoms with E-state index in [1.165, 1.54) is 18.2 Å². The highest BCUT2D eigenvalue weighted by Crippen LogP contribution is 2.16. The molecule has 2 N–H and O–H groups in total. The predicted octanol–water partition coefficient (Wildman–Crippen LogP) is 0.697. The minimum Gasteiger partial charge on any atom is -0.452 e. The zero-order valence-corrected chi connectivity index (χ0v) is 12.3. The molecule has 0 saturated heterocycles. The van der Waals surface area contributed by atoms with E-state index in [0.29, 0.717) is 6.54 Å². The lowest BCUT2D eigenvalue weighted by Gasteiger charge is -2.08. The molecule has 0 unspecified atom stereocenters. The number of rotatable bonds is 8. The second-order valence-electron chi connectivity index (χ2n) is 4.21. The van der Waals surface area contributed by atoms with E-state index in [-0.39, 0.29) is 23.8 Å². The molecule has 0 aliphatic heterocycles. The van der Waals surface area contributed by atoms with E-state index in [1.807, 2.05) is 0 Å². The van der Waals surface area contributed by atoms with Crippen LogP contribution in [0.25, 0.3) is 0 Å². The number of carbonyl (C=O) groups excluding carboxylic acids is 3. The lowest BCUT2D eigenvalue weighted by Crippen LogP contribution is -2.38. The Labute approximate surface area is 130 Å². The Bertz CT molecular complexity index is 566. The maximum Gasteiger partial charge on any atom is 0.387 e. The molecule has 0 radical (unpaired) electrons. The fourth-order valence-electron chi connectivity index (χ4n) is 1.50. The summed E-state index contributed by atoms with van der Waals surface area (Å²) in [7, 11) is 0. The summed E-state index contributed by atoms with van der Waals surface area (Å²) < 4.78 is 33.0. The van der Waals surface area contributed by atoms with Crippen LogP contribution in [-0.4, -0.2) is 44.1 Å². The number of amides is 2. The molecule has 0 atom stereocenters. The van der Waals surface area contributed by atoms with Crippen molar-refractivity contribution in [2.24, 2.45) is 0 Å². The summed E-state index contributed by atoms with van der Waals surface area (Å²) in [4.78, 5) is 34.2. The Morgan fingerprint density at radius 1 is 1.17 bits per heavy atom. The molecule has 0 aliphatic carbocycles. The molecular weight excluding hydrogens is 314 g/mol. The molecule has 0 aromatic heterocycles. The molecule has 1 aromatic rings. The standard InChI is InChI=1S/C14H16F2N2O5/c1-2-17-11(19)7-18-12(20)8-22-13(21)9-4-3-5-10(6-9)23-14(15)16/h3-6,14H,2,7-8H2,1H3,(H,17,19)(H,18,20). The van der Waals surface area contributed by atoms with Crippen LogP contribution in [0.15, 0.2) is 24.3 Å². The minimum atomic E-state index is -3.01. The minimum absolute atomic E-state index is 0.0420. The third-order valence-electron chi connectivity index (χ3n) is 2.45. The van der Waals surface area contributed by atoms with Crippen molar-refractivity contribution in [1.29, 1.82) is 0 Å². The van der Waals surface area contributed by atoms with Gasteiger partial charge in [-0.2, -0.15) is 8.78 Å². The summed E-state index contributed by atoms with van der Waals surface area (Å²) in [6.45, 7) is -1.69. The van der Waals surface area contributed by atoms with Gasteiger partial charge in [-0.3, -0.25) is 9.59 Å². The number of alkyl halides is 2. The fourth-order valence-corrected chi connectivity index (χ4v) is 1.50. The molecule has 0 fully saturated rings. The zero-order valence-electron chi connectivity index (χ0n) is 12.3. The topological polar surface area (TPSA) is 93.7 Å². The van der Waals surface area contributed by atoms with E-state index >= 15 is 0 Å². The molecule has 9 heteroatoms. The van der Waals surface area contributed by atoms with Gasteiger partial charge in [-0.25, -0.2) is 4.79 Å². The van der Waals surface area contributed by atoms with Gasteiger partial charge >= 0.3 is 12.6 Å². The average molecular weight is 330 g/mol. The third kappa shape index (κ3) is 7.21. The van der Waals surface area contributed by atoms with Crippen LogP contribution < -0.4 is 15.4 Å². The van der Waals surface area contributed by atoms with Crippen LogP contribution in [-0.2, 0) is 14.3 Å². The molecule has 1 rings (SSSR count). The first kappa shape index (κ1) is 18.3. The van der Waals surface area contributed by atoms with Gasteiger partial charge in [0.15, 0.2) is 6.61 Å². The Morgan fingerprint density at radius 3 is 2.57 bits per heavy atom. The van der Waals surface area contributed by atoms with E-state index < -0.39 is 25.1 Å². The van der Waals surface area contributed by atoms with E-state index in [2.05, 4.69) is 15.4 Å². The predicted molar refractivity (Wildman–Crippen MR) is 75.0 cm³/mol. The molecule has 0 bridgehead atoms. The highest BCUT2D eigenvalue weighted by atomic mass is 19.3. The van der Waals surface area contributed by atoms with Crippen LogP contribution in [0.3, 0.4) is 0 Å². The molecule has 0 spiro atoms. The van der Waals surface area contributed by atoms with Gasteiger partial charge in [-0.05, 0) is 25.1 Å². The van der Waals surface area contributed by atoms with Gasteiger partial charge in [0.1, 0.15) is 5.75 Å². The Hall–Kier alpha value is -2.71. The molecule has 126 valence electrons. The van der Waals surface area contributed by atoms with Crippen molar-refractivity contribution in [3.05, 3.63) is 29.8 Å². The third-order valence-corrected chi connectivity index (χ3v) is 2.45. The smallest absolute Gasteiger partial charge is 0.387 e. The van der Waals surface area contributed by atoms with Crippen molar-refractivity contribution in [3.63, 3.8) is 0 Å². The van der Waals surface area contributed by atoms with Gasteiger partial charge < -0.3 is 20.1 Å². The highest BCUT2D eigenvalue weighted by Gasteiger charge is 2.13. The van der Waals surface area contributed by atoms with Gasteiger partial charge in [0, 0.05) is 6.54 Å². The highest BCUT2D eigenvalue weighted by molar-refractivity contribution is 5.92. The first-order valence-electron chi connectivity index (χ1n) is 6.67. The number of likely N-dealkylation sites (N-methyl/N-ethyl adjacent to an activating group) is 1. The zero-order chi connectivity index (χ0) is 17.2. The van der Waals surface area contributed by atoms with Gasteiger partial charge in [0.05, 0.1) is 12.1 Å². The Kier molecular flexibility index (Phi) is 7.44. The van der Waals surface area contributed by atoms with Crippen molar-refractivity contribution in [3.8, 4) is 5.75 Å². The maximum atomic E-state index is 12.1. The Balaban J connectivity index is 2.44. The summed E-state index contributed by atoms with van der Waals surface area (Å²) in [6, 6.07) is 4.99. The van der Waals surface area contributed by atoms with E-state index in [4.69, 9.17) is 4.74 Å². The number of ether oxygens (including phenoxy) is 2. The largest absolute Gasteiger partial charge is 0.452 e. The fraction of sp³-hybridized carbons (Fsp3) is 0.357. The second kappa shape index (κ2) is 9.34. The van der Waals surface area contributed by atoms with Gasteiger partial charge in [0.25, 0.3) is 5.91 Å². The van der Waals surface area contributed by atoms with Gasteiger partial charge in [0.2, 0.25) is 5.91 Å². The molecular formula is C14H16F2N2O5. The van der Waals surface area contributed by atoms with Crippen LogP contribution in [0.1, 0.15) is 17.3 Å². The lowest BCUT2D eigenvalue weighted by molar-refractivity contribution is -0.127. The van der Waals surface area contributed by atoms with Crippen molar-refractivity contribution in [1.82, 2.24) is 10.6 Å². The first-order chi connectivity index (χ1) is 10.9. The summed E-state index contributed by atoms with van der Waals surface area (Å²) in [5.74, 6) is -2.11. The number of halogens is 2. The van der Waals surface area contributed by atoms with Gasteiger partial charge in [-0.1, -0.05) is 6.07 Å². The normalized spacial score (nSPS) is 10.1. The van der Waals surface area contributed by atoms with E-state index in [9.17, 15) is 23.2 Å². The average Bonchev–Trinajstić information content (AvgIpc) is 2.50. The van der Waals surface area contributed by atoms with Crippen molar-refractivity contribution >= 4 is 17.8 Å². The molecule has 23 heavy (non-hydrogen) atoms. The van der Waals surface area contributed by atoms with Crippen LogP contribution in [0.4, 0.5) is 8.78 Å². The van der Waals surface area contributed by atoms with Crippen LogP contribution >= 0.6 is 0 Å². The summed E-state index contributed by atoms with van der Waals surface area (Å²) in [6.07, 6.45) is 0. The molecule has 0 heterocycles. The molecule has 7 nitrogen and oxygen atoms in total. The van der Waals surface area contributed by atoms with Crippen molar-refractivity contribution in [2.75, 3.05) is 19.7 Å². The number of nitrogens with one attached hydrogen (secondary N) is 2. The SMILES string of the molecule is CCNC(=O)CNC(=O)COC(=O)c1cccc(OC(F)F)c1. The quantitative estimate of drug-likeness (QED) is 0.684. The molecule has 0 aliphatic rings. The monoisotopic (exact) mass is 330 g/mol. The molecule has 2 amide bonds. The number of hydrogen-bond acceptors (Lipinski definition) is 5. The summed E-state index contributed by atoms with van der Waals surface area (Å²) >= 11 is 0. The van der Waals surface area contributed by atoms with E-state index in [1.54, 1.807) is 6.92 Å². The maximum absolute atomic E-state index is 12.1. The van der Waals surface area contributed by atoms with Gasteiger partial charge in [-0.15, -0.1) is 0 Å². The summed E-state index contributed by atoms with van der Waals surface area (Å²) in [5, 5.41) is 4.74. The van der Waals surface area contributed by atoms with Crippen molar-refractivity contribution in [2.45, 2.75) is 13.5 Å². The number of esters is 1. The number of carbonyl (C=O) groups is 3. The van der Waals surface area contributed by atoms with Crippen LogP contribution in [0, 0.1) is 0 Å². The van der Waals surface area contributed by atoms with Crippen LogP contribution in [0.2, 0.25) is 0 Å².